The van der Waals surface area contributed by atoms with Crippen LogP contribution in [0.1, 0.15) is 24.0 Å². The largest absolute Gasteiger partial charge is 0.340 e. The highest BCUT2D eigenvalue weighted by Crippen LogP contribution is 2.14. The molecule has 0 bridgehead atoms. The van der Waals surface area contributed by atoms with E-state index in [9.17, 15) is 0 Å². The second kappa shape index (κ2) is 8.62. The molecule has 3 N–H and O–H groups in total. The fourth-order valence-electron chi connectivity index (χ4n) is 3.46. The van der Waals surface area contributed by atoms with Gasteiger partial charge in [-0.2, -0.15) is 0 Å². The molecule has 1 aliphatic heterocycles. The molecule has 0 aliphatic carbocycles. The molecule has 3 rings (SSSR count). The van der Waals surface area contributed by atoms with Crippen molar-refractivity contribution in [2.45, 2.75) is 31.8 Å². The molecule has 0 saturated carbocycles. The van der Waals surface area contributed by atoms with Crippen LogP contribution in [-0.2, 0) is 13.0 Å². The quantitative estimate of drug-likeness (QED) is 0.769. The van der Waals surface area contributed by atoms with Crippen molar-refractivity contribution < 1.29 is 10.2 Å². The van der Waals surface area contributed by atoms with E-state index in [1.807, 2.05) is 0 Å². The summed E-state index contributed by atoms with van der Waals surface area (Å²) in [5.41, 5.74) is 2.88. The monoisotopic (exact) mass is 374 g/mol. The zero-order valence-electron chi connectivity index (χ0n) is 13.7. The van der Waals surface area contributed by atoms with Crippen LogP contribution in [0.4, 0.5) is 0 Å². The highest BCUT2D eigenvalue weighted by Gasteiger charge is 2.24. The Labute approximate surface area is 148 Å². The van der Waals surface area contributed by atoms with Crippen molar-refractivity contribution in [1.29, 1.82) is 0 Å². The van der Waals surface area contributed by atoms with Crippen LogP contribution in [0.5, 0.6) is 0 Å². The van der Waals surface area contributed by atoms with Crippen LogP contribution in [0.25, 0.3) is 0 Å². The smallest absolute Gasteiger partial charge is 0.103 e. The molecule has 1 fully saturated rings. The number of halogens is 1. The molecular formula is C20H27BrN2+2. The third-order valence-corrected chi connectivity index (χ3v) is 5.75. The van der Waals surface area contributed by atoms with Gasteiger partial charge in [0.05, 0.1) is 25.7 Å². The minimum atomic E-state index is 0.794. The average Bonchev–Trinajstić information content (AvgIpc) is 2.61. The van der Waals surface area contributed by atoms with Gasteiger partial charge in [-0.05, 0) is 11.6 Å². The Morgan fingerprint density at radius 2 is 1.65 bits per heavy atom. The molecule has 0 spiro atoms. The van der Waals surface area contributed by atoms with E-state index < -0.39 is 0 Å². The molecule has 1 aliphatic rings. The number of likely N-dealkylation sites (tertiary alicyclic amines) is 1. The standard InChI is InChI=1S/C20H25BrN2/c21-20-9-5-4-8-18(20)16-22-19-11-14-23(15-12-19)13-10-17-6-2-1-3-7-17/h1-9,19,22H,10-16H2/p+2. The van der Waals surface area contributed by atoms with Crippen LogP contribution < -0.4 is 10.2 Å². The first-order chi connectivity index (χ1) is 11.3. The van der Waals surface area contributed by atoms with Gasteiger partial charge in [-0.1, -0.05) is 64.5 Å². The molecule has 0 radical (unpaired) electrons. The van der Waals surface area contributed by atoms with Gasteiger partial charge in [0, 0.05) is 29.3 Å². The molecule has 2 aromatic rings. The first-order valence-corrected chi connectivity index (χ1v) is 9.55. The molecule has 2 aromatic carbocycles. The summed E-state index contributed by atoms with van der Waals surface area (Å²) in [6, 6.07) is 20.3. The summed E-state index contributed by atoms with van der Waals surface area (Å²) in [5, 5.41) is 2.54. The van der Waals surface area contributed by atoms with E-state index in [1.54, 1.807) is 4.90 Å². The molecule has 2 nitrogen and oxygen atoms in total. The maximum Gasteiger partial charge on any atom is 0.103 e. The lowest BCUT2D eigenvalue weighted by molar-refractivity contribution is -0.913. The second-order valence-electron chi connectivity index (χ2n) is 6.60. The Bertz CT molecular complexity index is 592. The van der Waals surface area contributed by atoms with Crippen molar-refractivity contribution in [3.63, 3.8) is 0 Å². The van der Waals surface area contributed by atoms with Crippen molar-refractivity contribution in [1.82, 2.24) is 0 Å². The van der Waals surface area contributed by atoms with Crippen molar-refractivity contribution in [2.24, 2.45) is 0 Å². The van der Waals surface area contributed by atoms with Gasteiger partial charge in [-0.3, -0.25) is 0 Å². The number of nitrogens with one attached hydrogen (secondary N) is 1. The number of hydrogen-bond donors (Lipinski definition) is 2. The van der Waals surface area contributed by atoms with Gasteiger partial charge in [-0.15, -0.1) is 0 Å². The summed E-state index contributed by atoms with van der Waals surface area (Å²) >= 11 is 3.65. The predicted molar refractivity (Wildman–Crippen MR) is 98.5 cm³/mol. The Morgan fingerprint density at radius 1 is 0.957 bits per heavy atom. The summed E-state index contributed by atoms with van der Waals surface area (Å²) in [6.07, 6.45) is 3.89. The number of piperidine rings is 1. The highest BCUT2D eigenvalue weighted by atomic mass is 79.9. The number of rotatable bonds is 6. The molecule has 23 heavy (non-hydrogen) atoms. The Morgan fingerprint density at radius 3 is 2.39 bits per heavy atom. The summed E-state index contributed by atoms with van der Waals surface area (Å²) < 4.78 is 1.24. The number of quaternary nitrogens is 2. The summed E-state index contributed by atoms with van der Waals surface area (Å²) in [4.78, 5) is 1.78. The van der Waals surface area contributed by atoms with Gasteiger partial charge in [-0.25, -0.2) is 0 Å². The minimum absolute atomic E-state index is 0.794. The molecule has 122 valence electrons. The van der Waals surface area contributed by atoms with Crippen LogP contribution in [0, 0.1) is 0 Å². The third kappa shape index (κ3) is 5.17. The van der Waals surface area contributed by atoms with E-state index in [2.05, 4.69) is 75.8 Å². The fraction of sp³-hybridized carbons (Fsp3) is 0.400. The Balaban J connectivity index is 1.38. The van der Waals surface area contributed by atoms with E-state index in [0.29, 0.717) is 0 Å². The van der Waals surface area contributed by atoms with Gasteiger partial charge < -0.3 is 10.2 Å². The van der Waals surface area contributed by atoms with Gasteiger partial charge in [0.15, 0.2) is 0 Å². The summed E-state index contributed by atoms with van der Waals surface area (Å²) in [5.74, 6) is 0. The average molecular weight is 375 g/mol. The zero-order valence-corrected chi connectivity index (χ0v) is 15.3. The lowest BCUT2D eigenvalue weighted by Gasteiger charge is -2.28. The van der Waals surface area contributed by atoms with E-state index >= 15 is 0 Å². The van der Waals surface area contributed by atoms with Gasteiger partial charge in [0.25, 0.3) is 0 Å². The number of nitrogens with two attached hydrogens (primary N) is 1. The first kappa shape index (κ1) is 16.7. The van der Waals surface area contributed by atoms with Crippen molar-refractivity contribution in [3.8, 4) is 0 Å². The van der Waals surface area contributed by atoms with Crippen LogP contribution in [0.3, 0.4) is 0 Å². The Kier molecular flexibility index (Phi) is 6.26. The van der Waals surface area contributed by atoms with Crippen molar-refractivity contribution in [2.75, 3.05) is 19.6 Å². The molecule has 0 atom stereocenters. The molecular weight excluding hydrogens is 348 g/mol. The first-order valence-electron chi connectivity index (χ1n) is 8.75. The molecule has 0 aromatic heterocycles. The molecule has 0 amide bonds. The van der Waals surface area contributed by atoms with E-state index in [4.69, 9.17) is 0 Å². The van der Waals surface area contributed by atoms with Crippen LogP contribution in [-0.4, -0.2) is 25.7 Å². The second-order valence-corrected chi connectivity index (χ2v) is 7.46. The maximum atomic E-state index is 3.65. The molecule has 0 unspecified atom stereocenters. The van der Waals surface area contributed by atoms with Crippen LogP contribution in [0.15, 0.2) is 59.1 Å². The number of benzene rings is 2. The van der Waals surface area contributed by atoms with Gasteiger partial charge in [0.1, 0.15) is 6.54 Å². The topological polar surface area (TPSA) is 21.1 Å². The Hall–Kier alpha value is -1.16. The maximum absolute atomic E-state index is 3.65. The van der Waals surface area contributed by atoms with Crippen LogP contribution in [0.2, 0.25) is 0 Å². The predicted octanol–water partition coefficient (Wildman–Crippen LogP) is 1.80. The number of hydrogen-bond acceptors (Lipinski definition) is 0. The van der Waals surface area contributed by atoms with E-state index in [1.165, 1.54) is 54.5 Å². The molecule has 1 heterocycles. The summed E-state index contributed by atoms with van der Waals surface area (Å²) in [6.45, 7) is 5.01. The van der Waals surface area contributed by atoms with Crippen LogP contribution >= 0.6 is 15.9 Å². The lowest BCUT2D eigenvalue weighted by atomic mass is 10.0. The SMILES string of the molecule is Brc1ccccc1C[NH2+]C1CC[NH+](CCc2ccccc2)CC1. The van der Waals surface area contributed by atoms with Gasteiger partial charge >= 0.3 is 0 Å². The van der Waals surface area contributed by atoms with Crippen molar-refractivity contribution in [3.05, 3.63) is 70.2 Å². The normalized spacial score (nSPS) is 21.3. The highest BCUT2D eigenvalue weighted by molar-refractivity contribution is 9.10. The minimum Gasteiger partial charge on any atom is -0.340 e. The molecule has 1 saturated heterocycles. The zero-order chi connectivity index (χ0) is 15.9. The van der Waals surface area contributed by atoms with Gasteiger partial charge in [0.2, 0.25) is 0 Å². The third-order valence-electron chi connectivity index (χ3n) is 4.98. The van der Waals surface area contributed by atoms with E-state index in [0.717, 1.165) is 12.6 Å². The molecule has 3 heteroatoms. The van der Waals surface area contributed by atoms with Crippen molar-refractivity contribution >= 4 is 15.9 Å². The van der Waals surface area contributed by atoms with E-state index in [-0.39, 0.29) is 0 Å². The lowest BCUT2D eigenvalue weighted by Crippen LogP contribution is -3.15. The summed E-state index contributed by atoms with van der Waals surface area (Å²) in [7, 11) is 0. The fourth-order valence-corrected chi connectivity index (χ4v) is 3.90.